The summed E-state index contributed by atoms with van der Waals surface area (Å²) in [6, 6.07) is 7.13. The van der Waals surface area contributed by atoms with Crippen LogP contribution in [0.4, 0.5) is 0 Å². The molecule has 0 spiro atoms. The third-order valence-electron chi connectivity index (χ3n) is 5.28. The summed E-state index contributed by atoms with van der Waals surface area (Å²) in [6.45, 7) is 1.13. The molecular formula is C24H32N4O7. The van der Waals surface area contributed by atoms with E-state index in [-0.39, 0.29) is 24.1 Å². The van der Waals surface area contributed by atoms with Gasteiger partial charge in [-0.1, -0.05) is 12.1 Å². The second kappa shape index (κ2) is 13.7. The van der Waals surface area contributed by atoms with E-state index in [1.165, 1.54) is 36.4 Å². The Bertz CT molecular complexity index is 1030. The monoisotopic (exact) mass is 488 g/mol. The van der Waals surface area contributed by atoms with Crippen LogP contribution in [-0.2, 0) is 4.79 Å². The number of hydrogen-bond acceptors (Lipinski definition) is 8. The van der Waals surface area contributed by atoms with Gasteiger partial charge in [0.1, 0.15) is 6.04 Å². The van der Waals surface area contributed by atoms with Crippen molar-refractivity contribution in [3.63, 3.8) is 0 Å². The first-order valence-electron chi connectivity index (χ1n) is 11.3. The van der Waals surface area contributed by atoms with Crippen molar-refractivity contribution in [2.75, 3.05) is 19.6 Å². The topological polar surface area (TPSA) is 194 Å². The van der Waals surface area contributed by atoms with E-state index in [1.807, 2.05) is 0 Å². The van der Waals surface area contributed by atoms with Gasteiger partial charge in [-0.3, -0.25) is 14.4 Å². The zero-order valence-corrected chi connectivity index (χ0v) is 19.3. The van der Waals surface area contributed by atoms with E-state index in [2.05, 4.69) is 16.0 Å². The lowest BCUT2D eigenvalue weighted by Gasteiger charge is -2.19. The van der Waals surface area contributed by atoms with Gasteiger partial charge in [-0.15, -0.1) is 0 Å². The summed E-state index contributed by atoms with van der Waals surface area (Å²) in [4.78, 5) is 37.5. The van der Waals surface area contributed by atoms with Gasteiger partial charge < -0.3 is 42.1 Å². The second-order valence-corrected chi connectivity index (χ2v) is 7.91. The predicted molar refractivity (Wildman–Crippen MR) is 128 cm³/mol. The molecule has 2 aromatic carbocycles. The van der Waals surface area contributed by atoms with Crippen molar-refractivity contribution in [1.29, 1.82) is 0 Å². The van der Waals surface area contributed by atoms with Crippen molar-refractivity contribution in [2.24, 2.45) is 5.73 Å². The normalized spacial score (nSPS) is 11.5. The SMILES string of the molecule is NCCCCNC(=O)C(CCCCNC(=O)c1cccc(O)c1O)NC(=O)c1cccc(O)c1O. The molecule has 0 heterocycles. The molecule has 2 rings (SSSR count). The quantitative estimate of drug-likeness (QED) is 0.151. The summed E-state index contributed by atoms with van der Waals surface area (Å²) in [6.07, 6.45) is 2.60. The number of phenols is 4. The maximum absolute atomic E-state index is 12.7. The molecule has 0 radical (unpaired) electrons. The number of phenolic OH excluding ortho intramolecular Hbond substituents is 4. The molecule has 0 aliphatic carbocycles. The lowest BCUT2D eigenvalue weighted by molar-refractivity contribution is -0.123. The van der Waals surface area contributed by atoms with Crippen molar-refractivity contribution < 1.29 is 34.8 Å². The number of hydrogen-bond donors (Lipinski definition) is 8. The van der Waals surface area contributed by atoms with Crippen molar-refractivity contribution in [1.82, 2.24) is 16.0 Å². The van der Waals surface area contributed by atoms with Crippen LogP contribution >= 0.6 is 0 Å². The van der Waals surface area contributed by atoms with E-state index in [4.69, 9.17) is 5.73 Å². The maximum atomic E-state index is 12.7. The van der Waals surface area contributed by atoms with Crippen molar-refractivity contribution in [2.45, 2.75) is 38.1 Å². The van der Waals surface area contributed by atoms with Gasteiger partial charge in [0.2, 0.25) is 5.91 Å². The van der Waals surface area contributed by atoms with Gasteiger partial charge >= 0.3 is 0 Å². The number of para-hydroxylation sites is 2. The number of nitrogens with two attached hydrogens (primary N) is 1. The average Bonchev–Trinajstić information content (AvgIpc) is 2.83. The van der Waals surface area contributed by atoms with Crippen molar-refractivity contribution in [3.05, 3.63) is 47.5 Å². The Balaban J connectivity index is 1.93. The molecular weight excluding hydrogens is 456 g/mol. The Hall–Kier alpha value is -3.99. The smallest absolute Gasteiger partial charge is 0.255 e. The number of amides is 3. The average molecular weight is 489 g/mol. The molecule has 0 saturated carbocycles. The van der Waals surface area contributed by atoms with Crippen LogP contribution in [0.3, 0.4) is 0 Å². The Labute approximate surface area is 203 Å². The Morgan fingerprint density at radius 1 is 0.743 bits per heavy atom. The van der Waals surface area contributed by atoms with E-state index in [9.17, 15) is 34.8 Å². The third-order valence-corrected chi connectivity index (χ3v) is 5.28. The molecule has 3 amide bonds. The van der Waals surface area contributed by atoms with Crippen LogP contribution in [0.1, 0.15) is 52.8 Å². The summed E-state index contributed by atoms with van der Waals surface area (Å²) in [5.74, 6) is -3.60. The van der Waals surface area contributed by atoms with Gasteiger partial charge in [0.25, 0.3) is 11.8 Å². The predicted octanol–water partition coefficient (Wildman–Crippen LogP) is 1.06. The van der Waals surface area contributed by atoms with E-state index >= 15 is 0 Å². The van der Waals surface area contributed by atoms with Crippen LogP contribution in [0.5, 0.6) is 23.0 Å². The minimum atomic E-state index is -0.909. The van der Waals surface area contributed by atoms with E-state index in [0.29, 0.717) is 32.4 Å². The highest BCUT2D eigenvalue weighted by atomic mass is 16.3. The molecule has 0 saturated heterocycles. The molecule has 2 aromatic rings. The summed E-state index contributed by atoms with van der Waals surface area (Å²) >= 11 is 0. The lowest BCUT2D eigenvalue weighted by Crippen LogP contribution is -2.47. The van der Waals surface area contributed by atoms with Crippen LogP contribution in [-0.4, -0.2) is 63.8 Å². The number of carbonyl (C=O) groups is 3. The molecule has 0 aliphatic rings. The molecule has 0 fully saturated rings. The number of aromatic hydroxyl groups is 4. The second-order valence-electron chi connectivity index (χ2n) is 7.91. The first-order chi connectivity index (χ1) is 16.8. The summed E-state index contributed by atoms with van der Waals surface area (Å²) in [7, 11) is 0. The van der Waals surface area contributed by atoms with Gasteiger partial charge in [0.15, 0.2) is 23.0 Å². The van der Waals surface area contributed by atoms with Crippen LogP contribution in [0.15, 0.2) is 36.4 Å². The highest BCUT2D eigenvalue weighted by molar-refractivity contribution is 6.00. The number of benzene rings is 2. The lowest BCUT2D eigenvalue weighted by atomic mass is 10.1. The van der Waals surface area contributed by atoms with Gasteiger partial charge in [-0.05, 0) is 62.9 Å². The van der Waals surface area contributed by atoms with Gasteiger partial charge in [0, 0.05) is 13.1 Å². The first-order valence-corrected chi connectivity index (χ1v) is 11.3. The zero-order valence-electron chi connectivity index (χ0n) is 19.3. The van der Waals surface area contributed by atoms with Gasteiger partial charge in [-0.25, -0.2) is 0 Å². The fraction of sp³-hybridized carbons (Fsp3) is 0.375. The fourth-order valence-electron chi connectivity index (χ4n) is 3.31. The van der Waals surface area contributed by atoms with E-state index in [0.717, 1.165) is 6.42 Å². The summed E-state index contributed by atoms with van der Waals surface area (Å²) < 4.78 is 0. The summed E-state index contributed by atoms with van der Waals surface area (Å²) in [5, 5.41) is 46.9. The standard InChI is InChI=1S/C24H32N4O7/c25-12-2-4-14-27-24(35)17(28-23(34)16-8-6-11-19(30)21(16)32)9-1-3-13-26-22(33)15-7-5-10-18(29)20(15)31/h5-8,10-11,17,29-32H,1-4,9,12-14,25H2,(H,26,33)(H,27,35)(H,28,34). The van der Waals surface area contributed by atoms with E-state index in [1.54, 1.807) is 0 Å². The van der Waals surface area contributed by atoms with Crippen molar-refractivity contribution in [3.8, 4) is 23.0 Å². The fourth-order valence-corrected chi connectivity index (χ4v) is 3.31. The molecule has 9 N–H and O–H groups in total. The van der Waals surface area contributed by atoms with Crippen LogP contribution in [0, 0.1) is 0 Å². The number of unbranched alkanes of at least 4 members (excludes halogenated alkanes) is 2. The Kier molecular flexibility index (Phi) is 10.6. The van der Waals surface area contributed by atoms with Crippen LogP contribution in [0.2, 0.25) is 0 Å². The number of carbonyl (C=O) groups excluding carboxylic acids is 3. The minimum Gasteiger partial charge on any atom is -0.504 e. The van der Waals surface area contributed by atoms with Crippen molar-refractivity contribution >= 4 is 17.7 Å². The molecule has 1 unspecified atom stereocenters. The highest BCUT2D eigenvalue weighted by Crippen LogP contribution is 2.29. The van der Waals surface area contributed by atoms with Crippen LogP contribution in [0.25, 0.3) is 0 Å². The molecule has 11 heteroatoms. The minimum absolute atomic E-state index is 0.0575. The molecule has 1 atom stereocenters. The molecule has 190 valence electrons. The molecule has 35 heavy (non-hydrogen) atoms. The highest BCUT2D eigenvalue weighted by Gasteiger charge is 2.23. The van der Waals surface area contributed by atoms with Crippen LogP contribution < -0.4 is 21.7 Å². The van der Waals surface area contributed by atoms with Gasteiger partial charge in [0.05, 0.1) is 11.1 Å². The molecule has 0 bridgehead atoms. The molecule has 0 aliphatic heterocycles. The Morgan fingerprint density at radius 2 is 1.29 bits per heavy atom. The number of nitrogens with one attached hydrogen (secondary N) is 3. The largest absolute Gasteiger partial charge is 0.504 e. The first kappa shape index (κ1) is 27.3. The van der Waals surface area contributed by atoms with Gasteiger partial charge in [-0.2, -0.15) is 0 Å². The zero-order chi connectivity index (χ0) is 25.8. The molecule has 0 aromatic heterocycles. The molecule has 11 nitrogen and oxygen atoms in total. The third kappa shape index (κ3) is 8.07. The maximum Gasteiger partial charge on any atom is 0.255 e. The number of rotatable bonds is 13. The summed E-state index contributed by atoms with van der Waals surface area (Å²) in [5.41, 5.74) is 5.24. The van der Waals surface area contributed by atoms with E-state index < -0.39 is 46.8 Å². The Morgan fingerprint density at radius 3 is 1.89 bits per heavy atom.